The summed E-state index contributed by atoms with van der Waals surface area (Å²) in [5, 5.41) is 28.5. The number of nitro benzene ring substituents is 1. The van der Waals surface area contributed by atoms with Gasteiger partial charge in [-0.25, -0.2) is 0 Å². The Balaban J connectivity index is 1.72. The normalized spacial score (nSPS) is 10.5. The molecule has 1 N–H and O–H groups in total. The van der Waals surface area contributed by atoms with Gasteiger partial charge in [0, 0.05) is 18.6 Å². The molecule has 0 aliphatic rings. The summed E-state index contributed by atoms with van der Waals surface area (Å²) in [5.41, 5.74) is 0.794. The molecule has 1 amide bonds. The number of aryl methyl sites for hydroxylation is 2. The Morgan fingerprint density at radius 2 is 1.94 bits per heavy atom. The summed E-state index contributed by atoms with van der Waals surface area (Å²) in [6.45, 7) is 1.92. The smallest absolute Gasteiger partial charge is 0.404 e. The molecule has 0 unspecified atom stereocenters. The number of aromatic nitrogens is 2. The maximum atomic E-state index is 12.3. The Labute approximate surface area is 184 Å². The van der Waals surface area contributed by atoms with Crippen LogP contribution >= 0.6 is 15.9 Å². The molecule has 0 atom stereocenters. The highest BCUT2D eigenvalue weighted by molar-refractivity contribution is 9.10. The van der Waals surface area contributed by atoms with Gasteiger partial charge < -0.3 is 20.2 Å². The van der Waals surface area contributed by atoms with Crippen LogP contribution in [0.3, 0.4) is 0 Å². The highest BCUT2D eigenvalue weighted by Crippen LogP contribution is 2.31. The molecule has 3 rings (SSSR count). The number of nitrogens with one attached hydrogen (secondary N) is 1. The number of rotatable bonds is 8. The lowest BCUT2D eigenvalue weighted by Gasteiger charge is -2.11. The average Bonchev–Trinajstić information content (AvgIpc) is 3.09. The van der Waals surface area contributed by atoms with Crippen LogP contribution in [0.1, 0.15) is 12.0 Å². The molecule has 0 aliphatic carbocycles. The SMILES string of the molecule is Cc1ccccc1Oc1cc(NC(=O)CCn2cc(Br)c([N+](=O)[O-])n2)cc([N+](=O)[O-])c1. The second-order valence-corrected chi connectivity index (χ2v) is 7.31. The van der Waals surface area contributed by atoms with Gasteiger partial charge in [0.1, 0.15) is 16.0 Å². The number of carbonyl (C=O) groups is 1. The lowest BCUT2D eigenvalue weighted by atomic mass is 10.2. The molecule has 2 aromatic carbocycles. The summed E-state index contributed by atoms with van der Waals surface area (Å²) in [5.74, 6) is -0.0646. The Morgan fingerprint density at radius 3 is 2.58 bits per heavy atom. The number of carbonyl (C=O) groups excluding carboxylic acids is 1. The van der Waals surface area contributed by atoms with E-state index in [4.69, 9.17) is 4.74 Å². The van der Waals surface area contributed by atoms with E-state index in [2.05, 4.69) is 26.3 Å². The number of amides is 1. The average molecular weight is 490 g/mol. The lowest BCUT2D eigenvalue weighted by molar-refractivity contribution is -0.390. The summed E-state index contributed by atoms with van der Waals surface area (Å²) in [6, 6.07) is 11.2. The summed E-state index contributed by atoms with van der Waals surface area (Å²) < 4.78 is 7.22. The van der Waals surface area contributed by atoms with Crippen molar-refractivity contribution in [1.29, 1.82) is 0 Å². The minimum absolute atomic E-state index is 0.0536. The molecule has 1 heterocycles. The van der Waals surface area contributed by atoms with E-state index in [1.165, 1.54) is 29.1 Å². The van der Waals surface area contributed by atoms with Crippen molar-refractivity contribution in [3.8, 4) is 11.5 Å². The number of non-ortho nitro benzene ring substituents is 1. The standard InChI is InChI=1S/C19H16BrN5O6/c1-12-4-2-3-5-17(12)31-15-9-13(8-14(10-15)24(27)28)21-18(26)6-7-23-11-16(20)19(22-23)25(29)30/h2-5,8-11H,6-7H2,1H3,(H,21,26). The van der Waals surface area contributed by atoms with E-state index in [-0.39, 0.29) is 40.4 Å². The number of hydrogen-bond donors (Lipinski definition) is 1. The topological polar surface area (TPSA) is 142 Å². The fourth-order valence-corrected chi connectivity index (χ4v) is 3.14. The Bertz CT molecular complexity index is 1160. The zero-order chi connectivity index (χ0) is 22.5. The third kappa shape index (κ3) is 5.63. The first kappa shape index (κ1) is 21.9. The van der Waals surface area contributed by atoms with E-state index in [0.29, 0.717) is 5.75 Å². The predicted molar refractivity (Wildman–Crippen MR) is 114 cm³/mol. The fraction of sp³-hybridized carbons (Fsp3) is 0.158. The lowest BCUT2D eigenvalue weighted by Crippen LogP contribution is -2.15. The Hall–Kier alpha value is -3.80. The third-order valence-corrected chi connectivity index (χ3v) is 4.71. The van der Waals surface area contributed by atoms with Crippen LogP contribution in [0, 0.1) is 27.2 Å². The van der Waals surface area contributed by atoms with E-state index < -0.39 is 15.8 Å². The van der Waals surface area contributed by atoms with Crippen LogP contribution in [-0.2, 0) is 11.3 Å². The maximum absolute atomic E-state index is 12.3. The Morgan fingerprint density at radius 1 is 1.19 bits per heavy atom. The summed E-state index contributed by atoms with van der Waals surface area (Å²) in [4.78, 5) is 33.2. The van der Waals surface area contributed by atoms with Crippen molar-refractivity contribution in [2.75, 3.05) is 5.32 Å². The molecule has 0 saturated heterocycles. The number of nitro groups is 2. The fourth-order valence-electron chi connectivity index (χ4n) is 2.68. The Kier molecular flexibility index (Phi) is 6.60. The van der Waals surface area contributed by atoms with Crippen LogP contribution in [0.2, 0.25) is 0 Å². The second kappa shape index (κ2) is 9.34. The molecule has 12 heteroatoms. The van der Waals surface area contributed by atoms with Gasteiger partial charge in [-0.05, 0) is 39.4 Å². The minimum atomic E-state index is -0.639. The van der Waals surface area contributed by atoms with E-state index in [9.17, 15) is 25.0 Å². The van der Waals surface area contributed by atoms with Gasteiger partial charge in [-0.1, -0.05) is 18.2 Å². The largest absolute Gasteiger partial charge is 0.457 e. The zero-order valence-electron chi connectivity index (χ0n) is 16.1. The first-order valence-electron chi connectivity index (χ1n) is 8.93. The summed E-state index contributed by atoms with van der Waals surface area (Å²) >= 11 is 3.04. The van der Waals surface area contributed by atoms with Crippen molar-refractivity contribution >= 4 is 39.0 Å². The summed E-state index contributed by atoms with van der Waals surface area (Å²) in [7, 11) is 0. The predicted octanol–water partition coefficient (Wildman–Crippen LogP) is 4.59. The monoisotopic (exact) mass is 489 g/mol. The molecular formula is C19H16BrN5O6. The van der Waals surface area contributed by atoms with Crippen molar-refractivity contribution < 1.29 is 19.4 Å². The number of para-hydroxylation sites is 1. The van der Waals surface area contributed by atoms with Gasteiger partial charge in [0.2, 0.25) is 5.91 Å². The molecule has 160 valence electrons. The van der Waals surface area contributed by atoms with E-state index in [0.717, 1.165) is 5.56 Å². The molecule has 11 nitrogen and oxygen atoms in total. The van der Waals surface area contributed by atoms with Gasteiger partial charge in [-0.2, -0.15) is 4.68 Å². The number of ether oxygens (including phenoxy) is 1. The molecule has 0 spiro atoms. The van der Waals surface area contributed by atoms with E-state index in [1.807, 2.05) is 19.1 Å². The molecule has 0 radical (unpaired) electrons. The summed E-state index contributed by atoms with van der Waals surface area (Å²) in [6.07, 6.45) is 1.34. The molecule has 0 fully saturated rings. The number of anilines is 1. The van der Waals surface area contributed by atoms with Gasteiger partial charge in [-0.15, -0.1) is 0 Å². The molecular weight excluding hydrogens is 474 g/mol. The molecule has 1 aromatic heterocycles. The highest BCUT2D eigenvalue weighted by Gasteiger charge is 2.19. The van der Waals surface area contributed by atoms with Crippen LogP contribution in [0.15, 0.2) is 53.1 Å². The number of halogens is 1. The first-order valence-corrected chi connectivity index (χ1v) is 9.72. The van der Waals surface area contributed by atoms with E-state index in [1.54, 1.807) is 12.1 Å². The van der Waals surface area contributed by atoms with Crippen LogP contribution in [-0.4, -0.2) is 25.5 Å². The van der Waals surface area contributed by atoms with Crippen molar-refractivity contribution in [3.63, 3.8) is 0 Å². The van der Waals surface area contributed by atoms with Gasteiger partial charge in [0.05, 0.1) is 34.5 Å². The zero-order valence-corrected chi connectivity index (χ0v) is 17.7. The molecule has 0 saturated carbocycles. The van der Waals surface area contributed by atoms with Crippen molar-refractivity contribution in [2.45, 2.75) is 19.9 Å². The molecule has 3 aromatic rings. The van der Waals surface area contributed by atoms with Crippen LogP contribution < -0.4 is 10.1 Å². The second-order valence-electron chi connectivity index (χ2n) is 6.46. The van der Waals surface area contributed by atoms with Crippen LogP contribution in [0.25, 0.3) is 0 Å². The van der Waals surface area contributed by atoms with Gasteiger partial charge in [0.15, 0.2) is 0 Å². The number of hydrogen-bond acceptors (Lipinski definition) is 7. The first-order chi connectivity index (χ1) is 14.7. The van der Waals surface area contributed by atoms with Crippen LogP contribution in [0.5, 0.6) is 11.5 Å². The van der Waals surface area contributed by atoms with Gasteiger partial charge in [0.25, 0.3) is 5.69 Å². The van der Waals surface area contributed by atoms with Crippen LogP contribution in [0.4, 0.5) is 17.2 Å². The molecule has 31 heavy (non-hydrogen) atoms. The number of benzene rings is 2. The van der Waals surface area contributed by atoms with Crippen molar-refractivity contribution in [2.24, 2.45) is 0 Å². The molecule has 0 bridgehead atoms. The van der Waals surface area contributed by atoms with Crippen molar-refractivity contribution in [1.82, 2.24) is 9.78 Å². The quantitative estimate of drug-likeness (QED) is 0.359. The third-order valence-electron chi connectivity index (χ3n) is 4.15. The van der Waals surface area contributed by atoms with E-state index >= 15 is 0 Å². The van der Waals surface area contributed by atoms with Gasteiger partial charge in [-0.3, -0.25) is 14.9 Å². The molecule has 0 aliphatic heterocycles. The minimum Gasteiger partial charge on any atom is -0.457 e. The van der Waals surface area contributed by atoms with Gasteiger partial charge >= 0.3 is 5.82 Å². The maximum Gasteiger partial charge on any atom is 0.404 e. The number of nitrogens with zero attached hydrogens (tertiary/aromatic N) is 4. The highest BCUT2D eigenvalue weighted by atomic mass is 79.9. The van der Waals surface area contributed by atoms with Crippen molar-refractivity contribution in [3.05, 3.63) is 78.9 Å².